The van der Waals surface area contributed by atoms with Crippen LogP contribution in [-0.2, 0) is 12.8 Å². The molecule has 1 aromatic heterocycles. The van der Waals surface area contributed by atoms with Gasteiger partial charge in [0, 0.05) is 17.6 Å². The lowest BCUT2D eigenvalue weighted by molar-refractivity contribution is 0.0692. The van der Waals surface area contributed by atoms with Gasteiger partial charge in [0.15, 0.2) is 0 Å². The van der Waals surface area contributed by atoms with Gasteiger partial charge in [-0.2, -0.15) is 0 Å². The van der Waals surface area contributed by atoms with E-state index in [1.807, 2.05) is 6.92 Å². The summed E-state index contributed by atoms with van der Waals surface area (Å²) in [5, 5.41) is 19.0. The van der Waals surface area contributed by atoms with Crippen molar-refractivity contribution in [3.63, 3.8) is 0 Å². The number of nitrogens with zero attached hydrogens (tertiary/aromatic N) is 1. The molecule has 0 saturated heterocycles. The highest BCUT2D eigenvalue weighted by Gasteiger charge is 2.20. The molecule has 0 fully saturated rings. The number of aromatic carboxylic acids is 1. The highest BCUT2D eigenvalue weighted by Crippen LogP contribution is 2.30. The zero-order chi connectivity index (χ0) is 13.8. The van der Waals surface area contributed by atoms with Gasteiger partial charge in [0.05, 0.1) is 5.56 Å². The largest absolute Gasteiger partial charge is 0.478 e. The number of aliphatic hydroxyl groups excluding tert-OH is 1. The Labute approximate surface area is 117 Å². The van der Waals surface area contributed by atoms with Crippen LogP contribution in [0.2, 0.25) is 0 Å². The van der Waals surface area contributed by atoms with E-state index in [2.05, 4.69) is 4.98 Å². The van der Waals surface area contributed by atoms with E-state index in [1.54, 1.807) is 6.07 Å². The monoisotopic (exact) mass is 281 g/mol. The van der Waals surface area contributed by atoms with Crippen molar-refractivity contribution in [1.29, 1.82) is 0 Å². The van der Waals surface area contributed by atoms with Gasteiger partial charge in [-0.15, -0.1) is 11.8 Å². The minimum atomic E-state index is -0.917. The lowest BCUT2D eigenvalue weighted by atomic mass is 9.95. The second-order valence-corrected chi connectivity index (χ2v) is 6.33. The molecule has 1 aliphatic rings. The summed E-state index contributed by atoms with van der Waals surface area (Å²) in [6.45, 7) is 2.09. The van der Waals surface area contributed by atoms with Crippen molar-refractivity contribution in [3.8, 4) is 0 Å². The Balaban J connectivity index is 2.31. The van der Waals surface area contributed by atoms with Crippen LogP contribution in [0.15, 0.2) is 11.1 Å². The molecule has 1 unspecified atom stereocenters. The molecule has 2 N–H and O–H groups in total. The molecular weight excluding hydrogens is 262 g/mol. The van der Waals surface area contributed by atoms with E-state index in [0.29, 0.717) is 17.0 Å². The predicted molar refractivity (Wildman–Crippen MR) is 74.9 cm³/mol. The number of hydrogen-bond acceptors (Lipinski definition) is 4. The van der Waals surface area contributed by atoms with Gasteiger partial charge in [-0.3, -0.25) is 0 Å². The van der Waals surface area contributed by atoms with Gasteiger partial charge in [0.1, 0.15) is 5.03 Å². The van der Waals surface area contributed by atoms with Crippen LogP contribution >= 0.6 is 11.8 Å². The number of aliphatic hydroxyl groups is 1. The topological polar surface area (TPSA) is 70.4 Å². The second-order valence-electron chi connectivity index (χ2n) is 4.90. The third-order valence-corrected chi connectivity index (χ3v) is 4.52. The number of rotatable bonds is 5. The Hall–Kier alpha value is -1.07. The van der Waals surface area contributed by atoms with Crippen LogP contribution in [0, 0.1) is 0 Å². The smallest absolute Gasteiger partial charge is 0.338 e. The molecule has 2 rings (SSSR count). The van der Waals surface area contributed by atoms with Crippen molar-refractivity contribution in [1.82, 2.24) is 4.98 Å². The number of aryl methyl sites for hydroxylation is 2. The van der Waals surface area contributed by atoms with Crippen LogP contribution in [0.25, 0.3) is 0 Å². The molecule has 4 nitrogen and oxygen atoms in total. The van der Waals surface area contributed by atoms with E-state index >= 15 is 0 Å². The predicted octanol–water partition coefficient (Wildman–Crippen LogP) is 2.52. The molecule has 1 aromatic rings. The summed E-state index contributed by atoms with van der Waals surface area (Å²) in [4.78, 5) is 15.9. The average molecular weight is 281 g/mol. The maximum Gasteiger partial charge on any atom is 0.338 e. The first kappa shape index (κ1) is 14.3. The van der Waals surface area contributed by atoms with Crippen molar-refractivity contribution < 1.29 is 15.0 Å². The average Bonchev–Trinajstić information content (AvgIpc) is 2.38. The van der Waals surface area contributed by atoms with E-state index in [0.717, 1.165) is 36.9 Å². The lowest BCUT2D eigenvalue weighted by Crippen LogP contribution is -2.12. The van der Waals surface area contributed by atoms with Gasteiger partial charge in [0.25, 0.3) is 0 Å². The van der Waals surface area contributed by atoms with Crippen LogP contribution in [-0.4, -0.2) is 33.0 Å². The fraction of sp³-hybridized carbons (Fsp3) is 0.571. The van der Waals surface area contributed by atoms with Gasteiger partial charge in [-0.1, -0.05) is 6.92 Å². The van der Waals surface area contributed by atoms with E-state index in [1.165, 1.54) is 11.8 Å². The second kappa shape index (κ2) is 6.39. The first-order valence-electron chi connectivity index (χ1n) is 6.65. The number of pyridine rings is 1. The van der Waals surface area contributed by atoms with Gasteiger partial charge < -0.3 is 10.2 Å². The van der Waals surface area contributed by atoms with Crippen molar-refractivity contribution in [3.05, 3.63) is 22.9 Å². The first-order chi connectivity index (χ1) is 9.11. The van der Waals surface area contributed by atoms with Crippen LogP contribution in [0.4, 0.5) is 0 Å². The minimum Gasteiger partial charge on any atom is -0.478 e. The number of fused-ring (bicyclic) bond motifs is 1. The Morgan fingerprint density at radius 2 is 2.21 bits per heavy atom. The molecule has 0 radical (unpaired) electrons. The molecule has 0 bridgehead atoms. The van der Waals surface area contributed by atoms with Crippen LogP contribution in [0.3, 0.4) is 0 Å². The number of carboxylic acid groups (broad SMARTS) is 1. The Morgan fingerprint density at radius 3 is 2.89 bits per heavy atom. The standard InChI is InChI=1S/C14H19NO3S/c1-9(6-7-16)19-13-11(14(17)18)8-10-4-2-3-5-12(10)15-13/h8-9,16H,2-7H2,1H3,(H,17,18). The van der Waals surface area contributed by atoms with E-state index in [-0.39, 0.29) is 11.9 Å². The SMILES string of the molecule is CC(CCO)Sc1nc2c(cc1C(=O)O)CCCC2. The fourth-order valence-corrected chi connectivity index (χ4v) is 3.33. The number of aromatic nitrogens is 1. The molecule has 0 aromatic carbocycles. The maximum atomic E-state index is 11.3. The molecule has 104 valence electrons. The van der Waals surface area contributed by atoms with Crippen molar-refractivity contribution in [2.75, 3.05) is 6.61 Å². The minimum absolute atomic E-state index is 0.113. The molecular formula is C14H19NO3S. The molecule has 19 heavy (non-hydrogen) atoms. The van der Waals surface area contributed by atoms with Crippen molar-refractivity contribution in [2.45, 2.75) is 49.3 Å². The van der Waals surface area contributed by atoms with Gasteiger partial charge in [-0.25, -0.2) is 9.78 Å². The number of hydrogen-bond donors (Lipinski definition) is 2. The zero-order valence-electron chi connectivity index (χ0n) is 11.1. The van der Waals surface area contributed by atoms with Gasteiger partial charge in [0.2, 0.25) is 0 Å². The molecule has 0 spiro atoms. The first-order valence-corrected chi connectivity index (χ1v) is 7.53. The summed E-state index contributed by atoms with van der Waals surface area (Å²) in [5.41, 5.74) is 2.44. The highest BCUT2D eigenvalue weighted by molar-refractivity contribution is 7.99. The zero-order valence-corrected chi connectivity index (χ0v) is 11.9. The number of carboxylic acids is 1. The van der Waals surface area contributed by atoms with E-state index < -0.39 is 5.97 Å². The van der Waals surface area contributed by atoms with Crippen LogP contribution < -0.4 is 0 Å². The number of thioether (sulfide) groups is 1. The molecule has 1 aliphatic carbocycles. The summed E-state index contributed by atoms with van der Waals surface area (Å²) in [6.07, 6.45) is 4.75. The highest BCUT2D eigenvalue weighted by atomic mass is 32.2. The lowest BCUT2D eigenvalue weighted by Gasteiger charge is -2.18. The molecule has 0 saturated carbocycles. The third-order valence-electron chi connectivity index (χ3n) is 3.34. The van der Waals surface area contributed by atoms with Crippen molar-refractivity contribution >= 4 is 17.7 Å². The van der Waals surface area contributed by atoms with E-state index in [4.69, 9.17) is 5.11 Å². The van der Waals surface area contributed by atoms with Crippen molar-refractivity contribution in [2.24, 2.45) is 0 Å². The van der Waals surface area contributed by atoms with E-state index in [9.17, 15) is 9.90 Å². The Morgan fingerprint density at radius 1 is 1.47 bits per heavy atom. The summed E-state index contributed by atoms with van der Waals surface area (Å²) >= 11 is 1.44. The fourth-order valence-electron chi connectivity index (χ4n) is 2.29. The molecule has 0 aliphatic heterocycles. The summed E-state index contributed by atoms with van der Waals surface area (Å²) in [7, 11) is 0. The Bertz CT molecular complexity index is 476. The van der Waals surface area contributed by atoms with Gasteiger partial charge in [-0.05, 0) is 43.7 Å². The normalized spacial score (nSPS) is 15.9. The quantitative estimate of drug-likeness (QED) is 0.812. The maximum absolute atomic E-state index is 11.3. The molecule has 0 amide bonds. The number of carbonyl (C=O) groups is 1. The molecule has 1 heterocycles. The summed E-state index contributed by atoms with van der Waals surface area (Å²) in [6, 6.07) is 1.79. The molecule has 1 atom stereocenters. The Kier molecular flexibility index (Phi) is 4.82. The van der Waals surface area contributed by atoms with Crippen LogP contribution in [0.1, 0.15) is 47.8 Å². The molecule has 5 heteroatoms. The summed E-state index contributed by atoms with van der Waals surface area (Å²) in [5.74, 6) is -0.917. The summed E-state index contributed by atoms with van der Waals surface area (Å²) < 4.78 is 0. The van der Waals surface area contributed by atoms with Crippen LogP contribution in [0.5, 0.6) is 0 Å². The van der Waals surface area contributed by atoms with Gasteiger partial charge >= 0.3 is 5.97 Å². The third kappa shape index (κ3) is 3.48.